The van der Waals surface area contributed by atoms with E-state index < -0.39 is 36.6 Å². The van der Waals surface area contributed by atoms with Crippen LogP contribution < -0.4 is 0 Å². The first-order valence-corrected chi connectivity index (χ1v) is 60.9. The monoisotopic (exact) mass is 1860 g/mol. The van der Waals surface area contributed by atoms with E-state index in [9.17, 15) is 10.2 Å². The van der Waals surface area contributed by atoms with E-state index in [1.165, 1.54) is 443 Å². The summed E-state index contributed by atoms with van der Waals surface area (Å²) in [7, 11) is 0. The average molecular weight is 1860 g/mol. The maximum absolute atomic E-state index is 13.6. The predicted octanol–water partition coefficient (Wildman–Crippen LogP) is 39.7. The van der Waals surface area contributed by atoms with E-state index in [2.05, 4.69) is 67.2 Å². The number of unbranched alkanes of at least 4 members (excludes halogenated alkanes) is 87. The van der Waals surface area contributed by atoms with Crippen molar-refractivity contribution in [2.24, 2.45) is 0 Å². The van der Waals surface area contributed by atoms with Crippen LogP contribution in [0, 0.1) is 0 Å². The third-order valence-electron chi connectivity index (χ3n) is 28.8. The van der Waals surface area contributed by atoms with E-state index in [4.69, 9.17) is 37.9 Å². The Balaban J connectivity index is 9.84. The van der Waals surface area contributed by atoms with Gasteiger partial charge in [-0.2, -0.15) is 4.90 Å². The van der Waals surface area contributed by atoms with Gasteiger partial charge in [-0.15, -0.1) is 0 Å². The first-order valence-electron chi connectivity index (χ1n) is 60.9. The van der Waals surface area contributed by atoms with Gasteiger partial charge in [-0.05, 0) is 57.8 Å². The smallest absolute Gasteiger partial charge is 0.294 e. The third-order valence-corrected chi connectivity index (χ3v) is 28.8. The summed E-state index contributed by atoms with van der Waals surface area (Å²) in [6, 6.07) is 0. The van der Waals surface area contributed by atoms with Gasteiger partial charge in [-0.1, -0.05) is 621 Å². The third kappa shape index (κ3) is 76.9. The summed E-state index contributed by atoms with van der Waals surface area (Å²) in [6.45, 7) is 23.0. The van der Waals surface area contributed by atoms with Gasteiger partial charge in [0.2, 0.25) is 0 Å². The summed E-state index contributed by atoms with van der Waals surface area (Å²) in [6.07, 6.45) is 116. The van der Waals surface area contributed by atoms with E-state index in [1.54, 1.807) is 0 Å². The van der Waals surface area contributed by atoms with Crippen LogP contribution in [0.25, 0.3) is 0 Å². The number of nitrogens with zero attached hydrogens (tertiary/aromatic N) is 1. The molecule has 131 heavy (non-hydrogen) atoms. The molecule has 0 rings (SSSR count). The molecule has 0 spiro atoms. The number of ether oxygens (including phenoxy) is 8. The van der Waals surface area contributed by atoms with Crippen molar-refractivity contribution in [1.29, 1.82) is 0 Å². The molecule has 0 aliphatic rings. The molecular formula is C120H243NO10. The lowest BCUT2D eigenvalue weighted by atomic mass is 10.0. The maximum Gasteiger partial charge on any atom is 0.294 e. The Kier molecular flexibility index (Phi) is 106. The summed E-state index contributed by atoms with van der Waals surface area (Å²) in [5.74, 6) is -7.86. The molecule has 11 nitrogen and oxygen atoms in total. The van der Waals surface area contributed by atoms with Crippen LogP contribution in [0.15, 0.2) is 0 Å². The van der Waals surface area contributed by atoms with Gasteiger partial charge in [0.15, 0.2) is 0 Å². The van der Waals surface area contributed by atoms with Crippen molar-refractivity contribution in [1.82, 2.24) is 4.90 Å². The summed E-state index contributed by atoms with van der Waals surface area (Å²) >= 11 is 0. The second-order valence-electron chi connectivity index (χ2n) is 41.7. The van der Waals surface area contributed by atoms with Gasteiger partial charge in [-0.3, -0.25) is 0 Å². The number of aliphatic hydroxyl groups is 2. The van der Waals surface area contributed by atoms with Gasteiger partial charge in [0.05, 0.1) is 52.9 Å². The molecule has 11 heteroatoms. The highest BCUT2D eigenvalue weighted by atomic mass is 16.8. The minimum Gasteiger partial charge on any atom is -0.390 e. The molecule has 0 atom stereocenters. The molecule has 0 saturated heterocycles. The van der Waals surface area contributed by atoms with Gasteiger partial charge in [0.25, 0.3) is 23.4 Å². The van der Waals surface area contributed by atoms with Gasteiger partial charge >= 0.3 is 0 Å². The molecule has 0 bridgehead atoms. The molecule has 0 aliphatic heterocycles. The van der Waals surface area contributed by atoms with Gasteiger partial charge in [0, 0.05) is 6.54 Å². The van der Waals surface area contributed by atoms with Crippen LogP contribution in [0.2, 0.25) is 0 Å². The van der Waals surface area contributed by atoms with Crippen molar-refractivity contribution in [3.8, 4) is 0 Å². The maximum atomic E-state index is 13.6. The first kappa shape index (κ1) is 131. The lowest BCUT2D eigenvalue weighted by Gasteiger charge is -2.60. The molecule has 2 N–H and O–H groups in total. The Hall–Kier alpha value is -0.440. The molecule has 0 amide bonds. The molecule has 0 saturated carbocycles. The minimum absolute atomic E-state index is 0.340. The molecule has 0 aromatic rings. The molecule has 0 radical (unpaired) electrons. The number of hydrogen-bond donors (Lipinski definition) is 2. The van der Waals surface area contributed by atoms with Crippen LogP contribution in [-0.4, -0.2) is 111 Å². The van der Waals surface area contributed by atoms with Crippen molar-refractivity contribution in [2.75, 3.05) is 72.6 Å². The van der Waals surface area contributed by atoms with Crippen molar-refractivity contribution < 1.29 is 48.1 Å². The zero-order chi connectivity index (χ0) is 94.9. The Morgan fingerprint density at radius 1 is 0.130 bits per heavy atom. The second-order valence-corrected chi connectivity index (χ2v) is 41.7. The van der Waals surface area contributed by atoms with Crippen LogP contribution in [-0.2, 0) is 37.9 Å². The highest BCUT2D eigenvalue weighted by Gasteiger charge is 2.72. The van der Waals surface area contributed by atoms with Gasteiger partial charge < -0.3 is 48.1 Å². The predicted molar refractivity (Wildman–Crippen MR) is 574 cm³/mol. The van der Waals surface area contributed by atoms with E-state index in [0.717, 1.165) is 173 Å². The Labute approximate surface area is 822 Å². The fraction of sp³-hybridized carbons (Fsp3) is 1.00. The summed E-state index contributed by atoms with van der Waals surface area (Å²) < 4.78 is 64.9. The van der Waals surface area contributed by atoms with E-state index in [-0.39, 0.29) is 0 Å². The van der Waals surface area contributed by atoms with Crippen molar-refractivity contribution in [2.45, 2.75) is 702 Å². The number of rotatable bonds is 119. The fourth-order valence-electron chi connectivity index (χ4n) is 19.9. The van der Waals surface area contributed by atoms with Crippen LogP contribution in [0.1, 0.15) is 679 Å². The topological polar surface area (TPSA) is 118 Å². The second kappa shape index (κ2) is 107. The standard InChI is InChI=1S/C120H243NO10/c1-10-19-28-37-46-55-64-65-66-67-68-69-70-79-88-97-106-121(119(128-111-102-93-84-75-60-51-42-33-24-15-6,129-112-103-94-85-76-61-52-43-34-25-16-7)117(115-122,124-107-98-89-80-71-56-47-38-29-20-11-2)125-108-99-90-81-72-57-48-39-30-21-12-3)120(130-113-104-95-86-77-62-53-44-35-26-17-8,131-114-105-96-87-78-63-54-45-36-27-18-9)118(116-123,126-109-100-91-82-73-58-49-40-31-22-13-4)127-110-101-92-83-74-59-50-41-32-23-14-5/h122-123H,10-116H2,1-9H3. The van der Waals surface area contributed by atoms with E-state index in [1.807, 2.05) is 0 Å². The highest BCUT2D eigenvalue weighted by molar-refractivity contribution is 5.01. The van der Waals surface area contributed by atoms with Crippen molar-refractivity contribution in [3.63, 3.8) is 0 Å². The van der Waals surface area contributed by atoms with Crippen molar-refractivity contribution >= 4 is 0 Å². The van der Waals surface area contributed by atoms with Crippen LogP contribution >= 0.6 is 0 Å². The Morgan fingerprint density at radius 2 is 0.229 bits per heavy atom. The van der Waals surface area contributed by atoms with E-state index >= 15 is 0 Å². The van der Waals surface area contributed by atoms with Crippen LogP contribution in [0.3, 0.4) is 0 Å². The quantitative estimate of drug-likeness (QED) is 0.0448. The number of hydrogen-bond acceptors (Lipinski definition) is 11. The molecule has 0 heterocycles. The summed E-state index contributed by atoms with van der Waals surface area (Å²) in [4.78, 5) is 2.28. The Morgan fingerprint density at radius 3 is 0.344 bits per heavy atom. The molecular weight excluding hydrogens is 1620 g/mol. The fourth-order valence-corrected chi connectivity index (χ4v) is 19.9. The lowest BCUT2D eigenvalue weighted by molar-refractivity contribution is -0.545. The molecule has 0 fully saturated rings. The van der Waals surface area contributed by atoms with Gasteiger partial charge in [-0.25, -0.2) is 0 Å². The zero-order valence-corrected chi connectivity index (χ0v) is 91.3. The highest BCUT2D eigenvalue weighted by Crippen LogP contribution is 2.49. The molecule has 0 unspecified atom stereocenters. The molecule has 0 aromatic carbocycles. The van der Waals surface area contributed by atoms with Gasteiger partial charge in [0.1, 0.15) is 13.2 Å². The van der Waals surface area contributed by atoms with Crippen LogP contribution in [0.4, 0.5) is 0 Å². The minimum atomic E-state index is -2.01. The first-order chi connectivity index (χ1) is 64.8. The summed E-state index contributed by atoms with van der Waals surface area (Å²) in [5.41, 5.74) is 0. The normalized spacial score (nSPS) is 12.5. The summed E-state index contributed by atoms with van der Waals surface area (Å²) in [5, 5.41) is 27.3. The largest absolute Gasteiger partial charge is 0.390 e. The molecule has 0 aliphatic carbocycles. The van der Waals surface area contributed by atoms with Crippen LogP contribution in [0.5, 0.6) is 0 Å². The average Bonchev–Trinajstić information content (AvgIpc) is 0.707. The van der Waals surface area contributed by atoms with Crippen molar-refractivity contribution in [3.05, 3.63) is 0 Å². The van der Waals surface area contributed by atoms with E-state index in [0.29, 0.717) is 59.4 Å². The Bertz CT molecular complexity index is 1850. The number of aliphatic hydroxyl groups excluding tert-OH is 2. The lowest BCUT2D eigenvalue weighted by Crippen LogP contribution is -2.82. The SMILES string of the molecule is CCCCCCCCCCCCCCCCCCN(C(OCCCCCCCCCCCC)(OCCCCCCCCCCCC)C(CO)(OCCCCCCCCCCCC)OCCCCCCCCCCCC)C(OCCCCCCCCCCCC)(OCCCCCCCCCCCC)C(CO)(OCCCCCCCCCCCC)OCCCCCCCCCCCC. The zero-order valence-electron chi connectivity index (χ0n) is 91.3. The molecule has 0 aromatic heterocycles. The molecule has 788 valence electrons.